The van der Waals surface area contributed by atoms with E-state index in [4.69, 9.17) is 0 Å². The first kappa shape index (κ1) is 14.3. The second-order valence-electron chi connectivity index (χ2n) is 6.36. The van der Waals surface area contributed by atoms with Crippen LogP contribution in [0.3, 0.4) is 0 Å². The fourth-order valence-electron chi connectivity index (χ4n) is 3.50. The third kappa shape index (κ3) is 3.69. The lowest BCUT2D eigenvalue weighted by Crippen LogP contribution is -2.53. The van der Waals surface area contributed by atoms with Crippen LogP contribution in [-0.4, -0.2) is 61.7 Å². The molecule has 0 aromatic carbocycles. The Bertz CT molecular complexity index is 236. The summed E-state index contributed by atoms with van der Waals surface area (Å²) >= 11 is 0. The van der Waals surface area contributed by atoms with E-state index in [1.807, 2.05) is 0 Å². The van der Waals surface area contributed by atoms with Gasteiger partial charge in [0.1, 0.15) is 0 Å². The normalized spacial score (nSPS) is 32.8. The SMILES string of the molecule is CCCNC1CCN(C2CCN(C)CC2)CC1C. The zero-order valence-electron chi connectivity index (χ0n) is 12.5. The van der Waals surface area contributed by atoms with Crippen molar-refractivity contribution in [3.8, 4) is 0 Å². The molecular formula is C15H31N3. The van der Waals surface area contributed by atoms with Crippen LogP contribution in [0, 0.1) is 5.92 Å². The van der Waals surface area contributed by atoms with Crippen LogP contribution in [0.25, 0.3) is 0 Å². The Morgan fingerprint density at radius 2 is 1.83 bits per heavy atom. The third-order valence-corrected chi connectivity index (χ3v) is 4.80. The predicted molar refractivity (Wildman–Crippen MR) is 78.0 cm³/mol. The molecule has 2 saturated heterocycles. The second kappa shape index (κ2) is 6.88. The summed E-state index contributed by atoms with van der Waals surface area (Å²) in [5, 5.41) is 3.72. The van der Waals surface area contributed by atoms with E-state index in [1.54, 1.807) is 0 Å². The Hall–Kier alpha value is -0.120. The maximum atomic E-state index is 3.72. The fourth-order valence-corrected chi connectivity index (χ4v) is 3.50. The molecule has 0 radical (unpaired) electrons. The standard InChI is InChI=1S/C15H31N3/c1-4-8-16-15-7-11-18(12-13(15)2)14-5-9-17(3)10-6-14/h13-16H,4-12H2,1-3H3. The highest BCUT2D eigenvalue weighted by Crippen LogP contribution is 2.23. The first-order chi connectivity index (χ1) is 8.70. The number of likely N-dealkylation sites (tertiary alicyclic amines) is 2. The molecule has 0 spiro atoms. The van der Waals surface area contributed by atoms with Crippen LogP contribution in [0.1, 0.15) is 39.5 Å². The molecule has 0 amide bonds. The van der Waals surface area contributed by atoms with Crippen LogP contribution < -0.4 is 5.32 Å². The summed E-state index contributed by atoms with van der Waals surface area (Å²) < 4.78 is 0. The number of hydrogen-bond acceptors (Lipinski definition) is 3. The Kier molecular flexibility index (Phi) is 5.46. The third-order valence-electron chi connectivity index (χ3n) is 4.80. The summed E-state index contributed by atoms with van der Waals surface area (Å²) in [5.74, 6) is 0.810. The van der Waals surface area contributed by atoms with Gasteiger partial charge in [-0.15, -0.1) is 0 Å². The molecule has 2 rings (SSSR count). The van der Waals surface area contributed by atoms with Crippen molar-refractivity contribution in [3.63, 3.8) is 0 Å². The Morgan fingerprint density at radius 3 is 2.44 bits per heavy atom. The molecule has 2 fully saturated rings. The molecule has 0 bridgehead atoms. The molecule has 2 aliphatic heterocycles. The molecular weight excluding hydrogens is 222 g/mol. The largest absolute Gasteiger partial charge is 0.314 e. The average Bonchev–Trinajstić information content (AvgIpc) is 2.38. The van der Waals surface area contributed by atoms with Gasteiger partial charge in [0.25, 0.3) is 0 Å². The smallest absolute Gasteiger partial charge is 0.0120 e. The quantitative estimate of drug-likeness (QED) is 0.824. The Labute approximate surface area is 113 Å². The van der Waals surface area contributed by atoms with E-state index < -0.39 is 0 Å². The second-order valence-corrected chi connectivity index (χ2v) is 6.36. The molecule has 0 aromatic rings. The highest BCUT2D eigenvalue weighted by molar-refractivity contribution is 4.87. The monoisotopic (exact) mass is 253 g/mol. The first-order valence-corrected chi connectivity index (χ1v) is 7.86. The van der Waals surface area contributed by atoms with Crippen LogP contribution in [0.5, 0.6) is 0 Å². The summed E-state index contributed by atoms with van der Waals surface area (Å²) in [6.07, 6.45) is 5.34. The number of piperidine rings is 2. The Balaban J connectivity index is 1.77. The molecule has 3 nitrogen and oxygen atoms in total. The lowest BCUT2D eigenvalue weighted by atomic mass is 9.91. The van der Waals surface area contributed by atoms with Crippen molar-refractivity contribution >= 4 is 0 Å². The molecule has 106 valence electrons. The van der Waals surface area contributed by atoms with Gasteiger partial charge in [-0.1, -0.05) is 13.8 Å². The number of hydrogen-bond donors (Lipinski definition) is 1. The van der Waals surface area contributed by atoms with Gasteiger partial charge >= 0.3 is 0 Å². The average molecular weight is 253 g/mol. The van der Waals surface area contributed by atoms with E-state index in [0.29, 0.717) is 0 Å². The number of rotatable bonds is 4. The van der Waals surface area contributed by atoms with Crippen LogP contribution in [-0.2, 0) is 0 Å². The number of nitrogens with one attached hydrogen (secondary N) is 1. The van der Waals surface area contributed by atoms with Crippen molar-refractivity contribution in [2.75, 3.05) is 39.8 Å². The van der Waals surface area contributed by atoms with Gasteiger partial charge in [0.15, 0.2) is 0 Å². The van der Waals surface area contributed by atoms with Gasteiger partial charge < -0.3 is 10.2 Å². The summed E-state index contributed by atoms with van der Waals surface area (Å²) in [7, 11) is 2.25. The molecule has 0 saturated carbocycles. The fraction of sp³-hybridized carbons (Fsp3) is 1.00. The molecule has 1 N–H and O–H groups in total. The van der Waals surface area contributed by atoms with Gasteiger partial charge in [0.05, 0.1) is 0 Å². The zero-order chi connectivity index (χ0) is 13.0. The van der Waals surface area contributed by atoms with Gasteiger partial charge in [0, 0.05) is 18.6 Å². The first-order valence-electron chi connectivity index (χ1n) is 7.86. The van der Waals surface area contributed by atoms with E-state index in [2.05, 4.69) is 36.0 Å². The van der Waals surface area contributed by atoms with Gasteiger partial charge in [-0.2, -0.15) is 0 Å². The molecule has 3 heteroatoms. The molecule has 0 aliphatic carbocycles. The molecule has 0 aromatic heterocycles. The molecule has 18 heavy (non-hydrogen) atoms. The van der Waals surface area contributed by atoms with E-state index >= 15 is 0 Å². The van der Waals surface area contributed by atoms with Crippen molar-refractivity contribution < 1.29 is 0 Å². The maximum absolute atomic E-state index is 3.72. The summed E-state index contributed by atoms with van der Waals surface area (Å²) in [6, 6.07) is 1.61. The lowest BCUT2D eigenvalue weighted by Gasteiger charge is -2.44. The van der Waals surface area contributed by atoms with Crippen molar-refractivity contribution in [2.24, 2.45) is 5.92 Å². The van der Waals surface area contributed by atoms with Crippen molar-refractivity contribution in [2.45, 2.75) is 51.6 Å². The van der Waals surface area contributed by atoms with Crippen LogP contribution in [0.4, 0.5) is 0 Å². The Morgan fingerprint density at radius 1 is 1.11 bits per heavy atom. The summed E-state index contributed by atoms with van der Waals surface area (Å²) in [4.78, 5) is 5.23. The predicted octanol–water partition coefficient (Wildman–Crippen LogP) is 1.79. The highest BCUT2D eigenvalue weighted by atomic mass is 15.2. The number of nitrogens with zero attached hydrogens (tertiary/aromatic N) is 2. The van der Waals surface area contributed by atoms with Crippen LogP contribution in [0.15, 0.2) is 0 Å². The van der Waals surface area contributed by atoms with E-state index in [1.165, 1.54) is 58.4 Å². The van der Waals surface area contributed by atoms with E-state index in [9.17, 15) is 0 Å². The maximum Gasteiger partial charge on any atom is 0.0120 e. The van der Waals surface area contributed by atoms with Gasteiger partial charge in [-0.25, -0.2) is 0 Å². The molecule has 2 heterocycles. The minimum absolute atomic E-state index is 0.757. The van der Waals surface area contributed by atoms with Gasteiger partial charge in [-0.05, 0) is 64.8 Å². The molecule has 2 atom stereocenters. The molecule has 2 unspecified atom stereocenters. The van der Waals surface area contributed by atoms with Gasteiger partial charge in [-0.3, -0.25) is 4.90 Å². The minimum Gasteiger partial charge on any atom is -0.314 e. The summed E-state index contributed by atoms with van der Waals surface area (Å²) in [6.45, 7) is 11.0. The van der Waals surface area contributed by atoms with Crippen molar-refractivity contribution in [1.29, 1.82) is 0 Å². The topological polar surface area (TPSA) is 18.5 Å². The van der Waals surface area contributed by atoms with Crippen LogP contribution in [0.2, 0.25) is 0 Å². The zero-order valence-corrected chi connectivity index (χ0v) is 12.5. The van der Waals surface area contributed by atoms with Gasteiger partial charge in [0.2, 0.25) is 0 Å². The van der Waals surface area contributed by atoms with Crippen molar-refractivity contribution in [3.05, 3.63) is 0 Å². The lowest BCUT2D eigenvalue weighted by molar-refractivity contribution is 0.0675. The minimum atomic E-state index is 0.757. The highest BCUT2D eigenvalue weighted by Gasteiger charge is 2.30. The van der Waals surface area contributed by atoms with E-state index in [-0.39, 0.29) is 0 Å². The van der Waals surface area contributed by atoms with E-state index in [0.717, 1.165) is 18.0 Å². The van der Waals surface area contributed by atoms with Crippen LogP contribution >= 0.6 is 0 Å². The van der Waals surface area contributed by atoms with Crippen molar-refractivity contribution in [1.82, 2.24) is 15.1 Å². The summed E-state index contributed by atoms with van der Waals surface area (Å²) in [5.41, 5.74) is 0. The molecule has 2 aliphatic rings.